The molecule has 0 aliphatic carbocycles. The van der Waals surface area contributed by atoms with Gasteiger partial charge in [0.15, 0.2) is 0 Å². The molecule has 2 aromatic rings. The van der Waals surface area contributed by atoms with Crippen molar-refractivity contribution in [3.05, 3.63) is 64.7 Å². The molecule has 0 saturated carbocycles. The summed E-state index contributed by atoms with van der Waals surface area (Å²) in [5.41, 5.74) is 3.92. The van der Waals surface area contributed by atoms with E-state index in [1.165, 1.54) is 0 Å². The lowest BCUT2D eigenvalue weighted by Gasteiger charge is -2.09. The first-order valence-electron chi connectivity index (χ1n) is 7.30. The van der Waals surface area contributed by atoms with Crippen molar-refractivity contribution in [2.75, 3.05) is 6.61 Å². The molecule has 0 amide bonds. The molecule has 0 fully saturated rings. The number of nitrogens with one attached hydrogen (secondary N) is 1. The maximum atomic E-state index is 12.2. The molecule has 116 valence electrons. The third kappa shape index (κ3) is 3.48. The first-order valence-corrected chi connectivity index (χ1v) is 8.95. The molecule has 0 saturated heterocycles. The Labute approximate surface area is 131 Å². The lowest BCUT2D eigenvalue weighted by molar-refractivity contribution is 0.357. The Morgan fingerprint density at radius 2 is 2.00 bits per heavy atom. The monoisotopic (exact) mass is 317 g/mol. The fourth-order valence-electron chi connectivity index (χ4n) is 2.57. The van der Waals surface area contributed by atoms with E-state index in [-0.39, 0.29) is 5.75 Å². The highest BCUT2D eigenvalue weighted by atomic mass is 32.2. The van der Waals surface area contributed by atoms with Crippen molar-refractivity contribution in [2.45, 2.75) is 25.6 Å². The van der Waals surface area contributed by atoms with Gasteiger partial charge in [-0.2, -0.15) is 0 Å². The molecule has 22 heavy (non-hydrogen) atoms. The van der Waals surface area contributed by atoms with Gasteiger partial charge in [-0.15, -0.1) is 0 Å². The van der Waals surface area contributed by atoms with Crippen LogP contribution in [0.15, 0.2) is 42.5 Å². The second-order valence-electron chi connectivity index (χ2n) is 5.55. The van der Waals surface area contributed by atoms with Crippen LogP contribution in [0.5, 0.6) is 5.75 Å². The smallest absolute Gasteiger partial charge is 0.216 e. The van der Waals surface area contributed by atoms with Crippen molar-refractivity contribution in [1.82, 2.24) is 4.72 Å². The average Bonchev–Trinajstić information content (AvgIpc) is 2.95. The molecule has 1 aliphatic heterocycles. The van der Waals surface area contributed by atoms with E-state index < -0.39 is 10.0 Å². The molecular weight excluding hydrogens is 298 g/mol. The summed E-state index contributed by atoms with van der Waals surface area (Å²) in [7, 11) is -3.35. The van der Waals surface area contributed by atoms with E-state index in [4.69, 9.17) is 4.74 Å². The number of sulfonamides is 1. The lowest BCUT2D eigenvalue weighted by Crippen LogP contribution is -2.25. The van der Waals surface area contributed by atoms with Crippen molar-refractivity contribution in [3.63, 3.8) is 0 Å². The highest BCUT2D eigenvalue weighted by molar-refractivity contribution is 7.88. The number of ether oxygens (including phenoxy) is 1. The Balaban J connectivity index is 1.66. The van der Waals surface area contributed by atoms with Gasteiger partial charge in [0.25, 0.3) is 0 Å². The van der Waals surface area contributed by atoms with Gasteiger partial charge in [0.2, 0.25) is 10.0 Å². The van der Waals surface area contributed by atoms with Gasteiger partial charge in [-0.1, -0.05) is 36.4 Å². The summed E-state index contributed by atoms with van der Waals surface area (Å²) in [5, 5.41) is 0. The van der Waals surface area contributed by atoms with Crippen LogP contribution in [0.1, 0.15) is 22.3 Å². The van der Waals surface area contributed by atoms with E-state index in [1.807, 2.05) is 49.4 Å². The standard InChI is InChI=1S/C17H19NO3S/c1-13-4-2-3-5-16(13)12-22(19,20)18-11-14-6-7-17-15(10-14)8-9-21-17/h2-7,10,18H,8-9,11-12H2,1H3. The zero-order chi connectivity index (χ0) is 15.6. The number of aryl methyl sites for hydroxylation is 1. The fraction of sp³-hybridized carbons (Fsp3) is 0.294. The molecule has 0 unspecified atom stereocenters. The van der Waals surface area contributed by atoms with Crippen LogP contribution >= 0.6 is 0 Å². The molecule has 3 rings (SSSR count). The maximum Gasteiger partial charge on any atom is 0.216 e. The summed E-state index contributed by atoms with van der Waals surface area (Å²) in [6, 6.07) is 13.4. The molecule has 1 heterocycles. The van der Waals surface area contributed by atoms with E-state index in [9.17, 15) is 8.42 Å². The van der Waals surface area contributed by atoms with Gasteiger partial charge >= 0.3 is 0 Å². The van der Waals surface area contributed by atoms with Crippen LogP contribution in [0, 0.1) is 6.92 Å². The van der Waals surface area contributed by atoms with Gasteiger partial charge in [-0.3, -0.25) is 0 Å². The van der Waals surface area contributed by atoms with Gasteiger partial charge in [-0.05, 0) is 35.2 Å². The minimum absolute atomic E-state index is 0.00766. The molecule has 0 spiro atoms. The SMILES string of the molecule is Cc1ccccc1CS(=O)(=O)NCc1ccc2c(c1)CCO2. The molecule has 0 aromatic heterocycles. The summed E-state index contributed by atoms with van der Waals surface area (Å²) in [4.78, 5) is 0. The zero-order valence-corrected chi connectivity index (χ0v) is 13.3. The molecular formula is C17H19NO3S. The topological polar surface area (TPSA) is 55.4 Å². The highest BCUT2D eigenvalue weighted by Crippen LogP contribution is 2.25. The minimum atomic E-state index is -3.35. The summed E-state index contributed by atoms with van der Waals surface area (Å²) >= 11 is 0. The second kappa shape index (κ2) is 6.10. The Morgan fingerprint density at radius 1 is 1.18 bits per heavy atom. The highest BCUT2D eigenvalue weighted by Gasteiger charge is 2.15. The van der Waals surface area contributed by atoms with Gasteiger partial charge in [0.1, 0.15) is 5.75 Å². The molecule has 0 bridgehead atoms. The summed E-state index contributed by atoms with van der Waals surface area (Å²) < 4.78 is 32.6. The average molecular weight is 317 g/mol. The van der Waals surface area contributed by atoms with Crippen LogP contribution in [-0.4, -0.2) is 15.0 Å². The molecule has 0 radical (unpaired) electrons. The van der Waals surface area contributed by atoms with Crippen LogP contribution < -0.4 is 9.46 Å². The van der Waals surface area contributed by atoms with E-state index in [0.29, 0.717) is 13.2 Å². The third-order valence-electron chi connectivity index (χ3n) is 3.86. The maximum absolute atomic E-state index is 12.2. The van der Waals surface area contributed by atoms with Crippen LogP contribution in [-0.2, 0) is 28.7 Å². The summed E-state index contributed by atoms with van der Waals surface area (Å²) in [6.07, 6.45) is 0.888. The van der Waals surface area contributed by atoms with Crippen molar-refractivity contribution in [3.8, 4) is 5.75 Å². The zero-order valence-electron chi connectivity index (χ0n) is 12.5. The molecule has 0 atom stereocenters. The van der Waals surface area contributed by atoms with Crippen LogP contribution in [0.4, 0.5) is 0 Å². The van der Waals surface area contributed by atoms with Crippen molar-refractivity contribution < 1.29 is 13.2 Å². The van der Waals surface area contributed by atoms with Gasteiger partial charge in [-0.25, -0.2) is 13.1 Å². The molecule has 2 aromatic carbocycles. The number of rotatable bonds is 5. The minimum Gasteiger partial charge on any atom is -0.493 e. The Bertz CT molecular complexity index is 784. The predicted molar refractivity (Wildman–Crippen MR) is 86.3 cm³/mol. The summed E-state index contributed by atoms with van der Waals surface area (Å²) in [5.74, 6) is 0.916. The van der Waals surface area contributed by atoms with Gasteiger partial charge < -0.3 is 4.74 Å². The summed E-state index contributed by atoms with van der Waals surface area (Å²) in [6.45, 7) is 2.94. The Morgan fingerprint density at radius 3 is 2.82 bits per heavy atom. The predicted octanol–water partition coefficient (Wildman–Crippen LogP) is 2.55. The normalized spacial score (nSPS) is 13.7. The first-order chi connectivity index (χ1) is 10.5. The van der Waals surface area contributed by atoms with E-state index in [1.54, 1.807) is 0 Å². The number of benzene rings is 2. The second-order valence-corrected chi connectivity index (χ2v) is 7.35. The molecule has 4 nitrogen and oxygen atoms in total. The number of hydrogen-bond donors (Lipinski definition) is 1. The first kappa shape index (κ1) is 15.1. The number of fused-ring (bicyclic) bond motifs is 1. The molecule has 1 N–H and O–H groups in total. The van der Waals surface area contributed by atoms with Crippen molar-refractivity contribution in [1.29, 1.82) is 0 Å². The fourth-order valence-corrected chi connectivity index (χ4v) is 3.79. The Kier molecular flexibility index (Phi) is 4.18. The van der Waals surface area contributed by atoms with E-state index in [2.05, 4.69) is 4.72 Å². The quantitative estimate of drug-likeness (QED) is 0.922. The van der Waals surface area contributed by atoms with Crippen molar-refractivity contribution >= 4 is 10.0 Å². The molecule has 5 heteroatoms. The van der Waals surface area contributed by atoms with Crippen LogP contribution in [0.2, 0.25) is 0 Å². The van der Waals surface area contributed by atoms with E-state index in [0.717, 1.165) is 34.4 Å². The number of hydrogen-bond acceptors (Lipinski definition) is 3. The Hall–Kier alpha value is -1.85. The van der Waals surface area contributed by atoms with E-state index >= 15 is 0 Å². The van der Waals surface area contributed by atoms with Crippen molar-refractivity contribution in [2.24, 2.45) is 0 Å². The lowest BCUT2D eigenvalue weighted by atomic mass is 10.1. The van der Waals surface area contributed by atoms with Crippen LogP contribution in [0.3, 0.4) is 0 Å². The largest absolute Gasteiger partial charge is 0.493 e. The van der Waals surface area contributed by atoms with Crippen LogP contribution in [0.25, 0.3) is 0 Å². The van der Waals surface area contributed by atoms with Gasteiger partial charge in [0.05, 0.1) is 12.4 Å². The molecule has 1 aliphatic rings. The van der Waals surface area contributed by atoms with Gasteiger partial charge in [0, 0.05) is 13.0 Å². The third-order valence-corrected chi connectivity index (χ3v) is 5.13.